The number of sulfonamides is 1. The van der Waals surface area contributed by atoms with E-state index in [1.807, 2.05) is 13.8 Å². The normalized spacial score (nSPS) is 14.9. The van der Waals surface area contributed by atoms with Gasteiger partial charge >= 0.3 is 5.82 Å². The van der Waals surface area contributed by atoms with Gasteiger partial charge in [-0.1, -0.05) is 13.8 Å². The first-order valence-corrected chi connectivity index (χ1v) is 7.92. The minimum absolute atomic E-state index is 0.128. The summed E-state index contributed by atoms with van der Waals surface area (Å²) in [5, 5.41) is 10.5. The molecular formula is C12H20N4O4S. The molecular weight excluding hydrogens is 296 g/mol. The van der Waals surface area contributed by atoms with Gasteiger partial charge in [0.25, 0.3) is 0 Å². The molecule has 0 fully saturated rings. The Kier molecular flexibility index (Phi) is 5.37. The Bertz CT molecular complexity index is 600. The van der Waals surface area contributed by atoms with Crippen molar-refractivity contribution in [2.75, 3.05) is 6.54 Å². The van der Waals surface area contributed by atoms with Crippen LogP contribution in [0.3, 0.4) is 0 Å². The number of aromatic nitrogens is 1. The van der Waals surface area contributed by atoms with Crippen molar-refractivity contribution in [3.63, 3.8) is 0 Å². The minimum Gasteiger partial charge on any atom is -0.358 e. The maximum Gasteiger partial charge on any atom is 0.363 e. The molecule has 0 aromatic carbocycles. The summed E-state index contributed by atoms with van der Waals surface area (Å²) in [5.74, 6) is -0.144. The van der Waals surface area contributed by atoms with Crippen LogP contribution in [0.25, 0.3) is 0 Å². The molecule has 0 bridgehead atoms. The SMILES string of the molecule is CC(C)CC(C)(CN)NS(=O)(=O)c1ccc([N+](=O)[O-])nc1. The van der Waals surface area contributed by atoms with Gasteiger partial charge in [0.1, 0.15) is 4.90 Å². The largest absolute Gasteiger partial charge is 0.363 e. The topological polar surface area (TPSA) is 128 Å². The van der Waals surface area contributed by atoms with Crippen LogP contribution in [0.15, 0.2) is 23.2 Å². The van der Waals surface area contributed by atoms with Crippen LogP contribution in [-0.2, 0) is 10.0 Å². The summed E-state index contributed by atoms with van der Waals surface area (Å²) in [5.41, 5.74) is 4.89. The lowest BCUT2D eigenvalue weighted by atomic mass is 9.92. The average molecular weight is 316 g/mol. The van der Waals surface area contributed by atoms with Crippen molar-refractivity contribution in [1.82, 2.24) is 9.71 Å². The van der Waals surface area contributed by atoms with Crippen molar-refractivity contribution >= 4 is 15.8 Å². The van der Waals surface area contributed by atoms with E-state index >= 15 is 0 Å². The summed E-state index contributed by atoms with van der Waals surface area (Å²) in [4.78, 5) is 13.2. The second-order valence-electron chi connectivity index (χ2n) is 5.58. The van der Waals surface area contributed by atoms with Gasteiger partial charge in [-0.25, -0.2) is 13.1 Å². The van der Waals surface area contributed by atoms with Crippen molar-refractivity contribution in [1.29, 1.82) is 0 Å². The third-order valence-corrected chi connectivity index (χ3v) is 4.53. The van der Waals surface area contributed by atoms with Gasteiger partial charge in [-0.3, -0.25) is 0 Å². The Labute approximate surface area is 124 Å². The van der Waals surface area contributed by atoms with E-state index in [0.717, 1.165) is 18.3 Å². The molecule has 0 aliphatic heterocycles. The zero-order valence-electron chi connectivity index (χ0n) is 12.2. The maximum atomic E-state index is 12.3. The highest BCUT2D eigenvalue weighted by Crippen LogP contribution is 2.20. The first kappa shape index (κ1) is 17.5. The van der Waals surface area contributed by atoms with E-state index in [9.17, 15) is 18.5 Å². The average Bonchev–Trinajstić information content (AvgIpc) is 2.37. The van der Waals surface area contributed by atoms with Gasteiger partial charge in [-0.2, -0.15) is 0 Å². The number of hydrogen-bond acceptors (Lipinski definition) is 6. The minimum atomic E-state index is -3.83. The molecule has 1 heterocycles. The molecule has 0 radical (unpaired) electrons. The molecule has 1 atom stereocenters. The first-order valence-electron chi connectivity index (χ1n) is 6.44. The maximum absolute atomic E-state index is 12.3. The van der Waals surface area contributed by atoms with Crippen molar-refractivity contribution in [3.8, 4) is 0 Å². The Morgan fingerprint density at radius 2 is 2.10 bits per heavy atom. The zero-order valence-corrected chi connectivity index (χ0v) is 13.1. The summed E-state index contributed by atoms with van der Waals surface area (Å²) in [6, 6.07) is 2.20. The quantitative estimate of drug-likeness (QED) is 0.571. The van der Waals surface area contributed by atoms with E-state index in [0.29, 0.717) is 6.42 Å². The van der Waals surface area contributed by atoms with Crippen LogP contribution in [0, 0.1) is 16.0 Å². The molecule has 0 amide bonds. The predicted octanol–water partition coefficient (Wildman–Crippen LogP) is 1.03. The lowest BCUT2D eigenvalue weighted by Gasteiger charge is -2.30. The molecule has 1 rings (SSSR count). The molecule has 21 heavy (non-hydrogen) atoms. The highest BCUT2D eigenvalue weighted by Gasteiger charge is 2.31. The summed E-state index contributed by atoms with van der Waals surface area (Å²) in [7, 11) is -3.83. The molecule has 1 unspecified atom stereocenters. The van der Waals surface area contributed by atoms with Crippen LogP contribution in [0.2, 0.25) is 0 Å². The van der Waals surface area contributed by atoms with Gasteiger partial charge in [-0.05, 0) is 35.2 Å². The zero-order chi connectivity index (χ0) is 16.3. The smallest absolute Gasteiger partial charge is 0.358 e. The van der Waals surface area contributed by atoms with Crippen molar-refractivity contribution < 1.29 is 13.3 Å². The van der Waals surface area contributed by atoms with E-state index in [1.54, 1.807) is 6.92 Å². The van der Waals surface area contributed by atoms with Gasteiger partial charge in [0.2, 0.25) is 10.0 Å². The van der Waals surface area contributed by atoms with E-state index in [-0.39, 0.29) is 17.4 Å². The Hall–Kier alpha value is -1.58. The highest BCUT2D eigenvalue weighted by molar-refractivity contribution is 7.89. The summed E-state index contributed by atoms with van der Waals surface area (Å²) in [6.07, 6.45) is 1.54. The number of nitrogens with zero attached hydrogens (tertiary/aromatic N) is 2. The lowest BCUT2D eigenvalue weighted by Crippen LogP contribution is -2.51. The van der Waals surface area contributed by atoms with E-state index in [4.69, 9.17) is 5.73 Å². The van der Waals surface area contributed by atoms with Crippen LogP contribution >= 0.6 is 0 Å². The number of nitro groups is 1. The number of pyridine rings is 1. The van der Waals surface area contributed by atoms with Crippen molar-refractivity contribution in [2.45, 2.75) is 37.6 Å². The van der Waals surface area contributed by atoms with Crippen LogP contribution in [-0.4, -0.2) is 30.4 Å². The lowest BCUT2D eigenvalue weighted by molar-refractivity contribution is -0.389. The van der Waals surface area contributed by atoms with E-state index in [1.165, 1.54) is 0 Å². The molecule has 0 saturated carbocycles. The number of rotatable bonds is 7. The van der Waals surface area contributed by atoms with Gasteiger partial charge in [0, 0.05) is 18.2 Å². The van der Waals surface area contributed by atoms with Crippen LogP contribution < -0.4 is 10.5 Å². The molecule has 0 aliphatic rings. The van der Waals surface area contributed by atoms with Crippen molar-refractivity contribution in [3.05, 3.63) is 28.4 Å². The second-order valence-corrected chi connectivity index (χ2v) is 7.26. The van der Waals surface area contributed by atoms with Crippen LogP contribution in [0.5, 0.6) is 0 Å². The molecule has 8 nitrogen and oxygen atoms in total. The monoisotopic (exact) mass is 316 g/mol. The highest BCUT2D eigenvalue weighted by atomic mass is 32.2. The fourth-order valence-corrected chi connectivity index (χ4v) is 3.46. The number of nitrogens with two attached hydrogens (primary N) is 1. The van der Waals surface area contributed by atoms with Gasteiger partial charge in [0.15, 0.2) is 6.20 Å². The number of nitrogens with one attached hydrogen (secondary N) is 1. The Morgan fingerprint density at radius 3 is 2.48 bits per heavy atom. The fraction of sp³-hybridized carbons (Fsp3) is 0.583. The second kappa shape index (κ2) is 6.46. The van der Waals surface area contributed by atoms with Crippen molar-refractivity contribution in [2.24, 2.45) is 11.7 Å². The van der Waals surface area contributed by atoms with Crippen LogP contribution in [0.4, 0.5) is 5.82 Å². The molecule has 1 aromatic rings. The van der Waals surface area contributed by atoms with E-state index in [2.05, 4.69) is 9.71 Å². The molecule has 118 valence electrons. The summed E-state index contributed by atoms with van der Waals surface area (Å²) >= 11 is 0. The molecule has 0 spiro atoms. The molecule has 1 aromatic heterocycles. The third kappa shape index (κ3) is 4.73. The van der Waals surface area contributed by atoms with E-state index < -0.39 is 26.3 Å². The fourth-order valence-electron chi connectivity index (χ4n) is 2.09. The Morgan fingerprint density at radius 1 is 1.48 bits per heavy atom. The summed E-state index contributed by atoms with van der Waals surface area (Å²) < 4.78 is 27.1. The van der Waals surface area contributed by atoms with Gasteiger partial charge < -0.3 is 15.8 Å². The first-order chi connectivity index (χ1) is 9.59. The van der Waals surface area contributed by atoms with Gasteiger partial charge in [-0.15, -0.1) is 0 Å². The Balaban J connectivity index is 3.02. The number of hydrogen-bond donors (Lipinski definition) is 2. The molecule has 0 saturated heterocycles. The molecule has 3 N–H and O–H groups in total. The third-order valence-electron chi connectivity index (χ3n) is 2.91. The molecule has 9 heteroatoms. The predicted molar refractivity (Wildman–Crippen MR) is 78.1 cm³/mol. The van der Waals surface area contributed by atoms with Crippen LogP contribution in [0.1, 0.15) is 27.2 Å². The summed E-state index contributed by atoms with van der Waals surface area (Å²) in [6.45, 7) is 5.81. The standard InChI is InChI=1S/C12H20N4O4S/c1-9(2)6-12(3,8-13)15-21(19,20)10-4-5-11(14-7-10)16(17)18/h4-5,7,9,15H,6,8,13H2,1-3H3. The molecule has 0 aliphatic carbocycles. The van der Waals surface area contributed by atoms with Gasteiger partial charge in [0.05, 0.1) is 0 Å².